The number of piperidine rings is 1. The zero-order valence-corrected chi connectivity index (χ0v) is 10.2. The van der Waals surface area contributed by atoms with Gasteiger partial charge in [-0.2, -0.15) is 0 Å². The topological polar surface area (TPSA) is 58.4 Å². The van der Waals surface area contributed by atoms with E-state index in [9.17, 15) is 4.79 Å². The largest absolute Gasteiger partial charge is 0.480 e. The monoisotopic (exact) mass is 237 g/mol. The molecule has 2 rings (SSSR count). The number of aliphatic carboxylic acids is 1. The van der Waals surface area contributed by atoms with Gasteiger partial charge in [0.15, 0.2) is 0 Å². The Hall–Kier alpha value is -1.36. The number of rotatable bonds is 4. The van der Waals surface area contributed by atoms with Crippen LogP contribution >= 0.6 is 0 Å². The average Bonchev–Trinajstić information content (AvgIpc) is 2.72. The quantitative estimate of drug-likeness (QED) is 0.845. The minimum Gasteiger partial charge on any atom is -0.480 e. The first kappa shape index (κ1) is 12.1. The van der Waals surface area contributed by atoms with Crippen molar-refractivity contribution in [3.8, 4) is 0 Å². The second-order valence-corrected chi connectivity index (χ2v) is 4.59. The van der Waals surface area contributed by atoms with Crippen LogP contribution < -0.4 is 0 Å². The van der Waals surface area contributed by atoms with E-state index in [0.717, 1.165) is 44.6 Å². The van der Waals surface area contributed by atoms with Gasteiger partial charge in [-0.25, -0.2) is 4.98 Å². The zero-order chi connectivity index (χ0) is 12.3. The van der Waals surface area contributed by atoms with Crippen LogP contribution in [0.2, 0.25) is 0 Å². The van der Waals surface area contributed by atoms with Gasteiger partial charge in [-0.15, -0.1) is 0 Å². The Balaban J connectivity index is 1.92. The van der Waals surface area contributed by atoms with Gasteiger partial charge in [-0.1, -0.05) is 6.42 Å². The summed E-state index contributed by atoms with van der Waals surface area (Å²) in [5.74, 6) is 0.323. The minimum atomic E-state index is -0.690. The Labute approximate surface area is 101 Å². The number of carbonyl (C=O) groups is 1. The highest BCUT2D eigenvalue weighted by Crippen LogP contribution is 2.17. The lowest BCUT2D eigenvalue weighted by Gasteiger charge is -2.32. The molecule has 17 heavy (non-hydrogen) atoms. The van der Waals surface area contributed by atoms with Crippen LogP contribution in [0.1, 0.15) is 25.1 Å². The second-order valence-electron chi connectivity index (χ2n) is 4.59. The molecule has 0 bridgehead atoms. The number of nitrogens with zero attached hydrogens (tertiary/aromatic N) is 3. The number of hydrogen-bond acceptors (Lipinski definition) is 3. The second kappa shape index (κ2) is 5.31. The third-order valence-electron chi connectivity index (χ3n) is 3.44. The molecule has 1 aliphatic rings. The van der Waals surface area contributed by atoms with Crippen LogP contribution in [0.25, 0.3) is 0 Å². The van der Waals surface area contributed by atoms with Crippen molar-refractivity contribution in [2.24, 2.45) is 7.05 Å². The predicted octanol–water partition coefficient (Wildman–Crippen LogP) is 0.902. The minimum absolute atomic E-state index is 0.302. The molecule has 1 aromatic heterocycles. The Morgan fingerprint density at radius 3 is 3.06 bits per heavy atom. The normalized spacial score (nSPS) is 21.6. The summed E-state index contributed by atoms with van der Waals surface area (Å²) in [6.45, 7) is 1.67. The van der Waals surface area contributed by atoms with Crippen molar-refractivity contribution in [1.29, 1.82) is 0 Å². The summed E-state index contributed by atoms with van der Waals surface area (Å²) in [7, 11) is 1.97. The van der Waals surface area contributed by atoms with E-state index in [4.69, 9.17) is 5.11 Å². The van der Waals surface area contributed by atoms with E-state index in [0.29, 0.717) is 0 Å². The first-order valence-electron chi connectivity index (χ1n) is 6.11. The van der Waals surface area contributed by atoms with Crippen LogP contribution in [0.15, 0.2) is 12.4 Å². The highest BCUT2D eigenvalue weighted by molar-refractivity contribution is 5.73. The molecule has 0 amide bonds. The van der Waals surface area contributed by atoms with Gasteiger partial charge < -0.3 is 9.67 Å². The van der Waals surface area contributed by atoms with E-state index < -0.39 is 5.97 Å². The van der Waals surface area contributed by atoms with Gasteiger partial charge in [0.1, 0.15) is 11.9 Å². The Morgan fingerprint density at radius 2 is 2.41 bits per heavy atom. The molecule has 1 aromatic rings. The molecule has 1 saturated heterocycles. The zero-order valence-electron chi connectivity index (χ0n) is 10.2. The molecular formula is C12H19N3O2. The highest BCUT2D eigenvalue weighted by Gasteiger charge is 2.27. The van der Waals surface area contributed by atoms with Crippen molar-refractivity contribution >= 4 is 5.97 Å². The Bertz CT molecular complexity index is 389. The van der Waals surface area contributed by atoms with Crippen molar-refractivity contribution < 1.29 is 9.90 Å². The van der Waals surface area contributed by atoms with Gasteiger partial charge in [0.05, 0.1) is 0 Å². The molecule has 1 unspecified atom stereocenters. The number of likely N-dealkylation sites (tertiary alicyclic amines) is 1. The van der Waals surface area contributed by atoms with Crippen molar-refractivity contribution in [3.05, 3.63) is 18.2 Å². The van der Waals surface area contributed by atoms with E-state index in [1.54, 1.807) is 6.20 Å². The SMILES string of the molecule is Cn1ccnc1CCN1CCCCC1C(=O)O. The van der Waals surface area contributed by atoms with Crippen molar-refractivity contribution in [1.82, 2.24) is 14.5 Å². The third-order valence-corrected chi connectivity index (χ3v) is 3.44. The number of hydrogen-bond donors (Lipinski definition) is 1. The van der Waals surface area contributed by atoms with Crippen LogP contribution in [0.5, 0.6) is 0 Å². The van der Waals surface area contributed by atoms with Gasteiger partial charge in [0.25, 0.3) is 0 Å². The fraction of sp³-hybridized carbons (Fsp3) is 0.667. The molecule has 1 aliphatic heterocycles. The van der Waals surface area contributed by atoms with Crippen LogP contribution in [0, 0.1) is 0 Å². The van der Waals surface area contributed by atoms with Crippen molar-refractivity contribution in [3.63, 3.8) is 0 Å². The predicted molar refractivity (Wildman–Crippen MR) is 63.8 cm³/mol. The van der Waals surface area contributed by atoms with Gasteiger partial charge >= 0.3 is 5.97 Å². The standard InChI is InChI=1S/C12H19N3O2/c1-14-9-6-13-11(14)5-8-15-7-3-2-4-10(15)12(16)17/h6,9-10H,2-5,7-8H2,1H3,(H,16,17). The van der Waals surface area contributed by atoms with E-state index in [1.807, 2.05) is 17.8 Å². The molecule has 1 atom stereocenters. The van der Waals surface area contributed by atoms with Gasteiger partial charge in [-0.3, -0.25) is 9.69 Å². The summed E-state index contributed by atoms with van der Waals surface area (Å²) in [6.07, 6.45) is 7.41. The number of imidazole rings is 1. The molecular weight excluding hydrogens is 218 g/mol. The number of aromatic nitrogens is 2. The number of carboxylic acid groups (broad SMARTS) is 1. The summed E-state index contributed by atoms with van der Waals surface area (Å²) in [5.41, 5.74) is 0. The average molecular weight is 237 g/mol. The highest BCUT2D eigenvalue weighted by atomic mass is 16.4. The maximum atomic E-state index is 11.1. The molecule has 94 valence electrons. The van der Waals surface area contributed by atoms with E-state index in [-0.39, 0.29) is 6.04 Å². The maximum absolute atomic E-state index is 11.1. The molecule has 1 fully saturated rings. The van der Waals surface area contributed by atoms with Crippen molar-refractivity contribution in [2.75, 3.05) is 13.1 Å². The Morgan fingerprint density at radius 1 is 1.59 bits per heavy atom. The molecule has 0 aromatic carbocycles. The third kappa shape index (κ3) is 2.85. The number of carboxylic acids is 1. The van der Waals surface area contributed by atoms with Gasteiger partial charge in [-0.05, 0) is 19.4 Å². The maximum Gasteiger partial charge on any atom is 0.320 e. The summed E-state index contributed by atoms with van der Waals surface area (Å²) >= 11 is 0. The lowest BCUT2D eigenvalue weighted by Crippen LogP contribution is -2.45. The van der Waals surface area contributed by atoms with Crippen LogP contribution in [-0.2, 0) is 18.3 Å². The first-order valence-corrected chi connectivity index (χ1v) is 6.11. The molecule has 1 N–H and O–H groups in total. The van der Waals surface area contributed by atoms with Crippen LogP contribution in [0.3, 0.4) is 0 Å². The summed E-state index contributed by atoms with van der Waals surface area (Å²) in [6, 6.07) is -0.302. The Kier molecular flexibility index (Phi) is 3.78. The lowest BCUT2D eigenvalue weighted by molar-refractivity contribution is -0.144. The first-order chi connectivity index (χ1) is 8.18. The molecule has 0 aliphatic carbocycles. The van der Waals surface area contributed by atoms with Crippen molar-refractivity contribution in [2.45, 2.75) is 31.7 Å². The van der Waals surface area contributed by atoms with E-state index in [2.05, 4.69) is 9.88 Å². The van der Waals surface area contributed by atoms with Crippen LogP contribution in [-0.4, -0.2) is 44.7 Å². The lowest BCUT2D eigenvalue weighted by atomic mass is 10.0. The molecule has 5 heteroatoms. The molecule has 0 saturated carbocycles. The smallest absolute Gasteiger partial charge is 0.320 e. The summed E-state index contributed by atoms with van der Waals surface area (Å²) < 4.78 is 1.99. The van der Waals surface area contributed by atoms with E-state index in [1.165, 1.54) is 0 Å². The number of aryl methyl sites for hydroxylation is 1. The molecule has 0 radical (unpaired) electrons. The fourth-order valence-corrected chi connectivity index (χ4v) is 2.42. The molecule has 5 nitrogen and oxygen atoms in total. The summed E-state index contributed by atoms with van der Waals surface area (Å²) in [4.78, 5) is 17.5. The van der Waals surface area contributed by atoms with Crippen LogP contribution in [0.4, 0.5) is 0 Å². The fourth-order valence-electron chi connectivity index (χ4n) is 2.42. The van der Waals surface area contributed by atoms with E-state index >= 15 is 0 Å². The van der Waals surface area contributed by atoms with Gasteiger partial charge in [0.2, 0.25) is 0 Å². The van der Waals surface area contributed by atoms with Gasteiger partial charge in [0, 0.05) is 32.4 Å². The molecule has 0 spiro atoms. The summed E-state index contributed by atoms with van der Waals surface area (Å²) in [5, 5.41) is 9.16. The molecule has 2 heterocycles.